The molecular weight excluding hydrogens is 252 g/mol. The van der Waals surface area contributed by atoms with E-state index in [9.17, 15) is 0 Å². The summed E-state index contributed by atoms with van der Waals surface area (Å²) in [6.45, 7) is 2.36. The van der Waals surface area contributed by atoms with Gasteiger partial charge in [-0.1, -0.05) is 74.0 Å². The molecule has 0 saturated heterocycles. The predicted octanol–water partition coefficient (Wildman–Crippen LogP) is 5.79. The first-order chi connectivity index (χ1) is 10.4. The first kappa shape index (κ1) is 12.9. The largest absolute Gasteiger partial charge is 0.0882 e. The third-order valence-corrected chi connectivity index (χ3v) is 5.38. The molecule has 4 rings (SSSR count). The SMILES string of the molecule is CCC(C1C=CCC1)C1c2ccccc2-c2ccccc21. The number of fused-ring (bicyclic) bond motifs is 3. The molecule has 0 aromatic heterocycles. The van der Waals surface area contributed by atoms with Gasteiger partial charge in [-0.25, -0.2) is 0 Å². The van der Waals surface area contributed by atoms with E-state index in [0.717, 1.165) is 11.8 Å². The van der Waals surface area contributed by atoms with Crippen molar-refractivity contribution in [1.29, 1.82) is 0 Å². The molecule has 0 N–H and O–H groups in total. The Hall–Kier alpha value is -1.82. The van der Waals surface area contributed by atoms with E-state index < -0.39 is 0 Å². The minimum atomic E-state index is 0.579. The second-order valence-electron chi connectivity index (χ2n) is 6.39. The predicted molar refractivity (Wildman–Crippen MR) is 89.4 cm³/mol. The minimum absolute atomic E-state index is 0.579. The summed E-state index contributed by atoms with van der Waals surface area (Å²) in [5.74, 6) is 2.06. The molecule has 21 heavy (non-hydrogen) atoms. The maximum atomic E-state index is 2.47. The fourth-order valence-corrected chi connectivity index (χ4v) is 4.45. The van der Waals surface area contributed by atoms with E-state index in [1.807, 2.05) is 0 Å². The molecule has 106 valence electrons. The van der Waals surface area contributed by atoms with Gasteiger partial charge in [0.2, 0.25) is 0 Å². The average Bonchev–Trinajstić information content (AvgIpc) is 3.16. The molecular formula is C21H22. The van der Waals surface area contributed by atoms with Crippen LogP contribution >= 0.6 is 0 Å². The van der Waals surface area contributed by atoms with Gasteiger partial charge in [0.25, 0.3) is 0 Å². The number of benzene rings is 2. The molecule has 0 heterocycles. The van der Waals surface area contributed by atoms with Crippen molar-refractivity contribution in [1.82, 2.24) is 0 Å². The lowest BCUT2D eigenvalue weighted by Gasteiger charge is -2.29. The molecule has 0 fully saturated rings. The van der Waals surface area contributed by atoms with E-state index in [2.05, 4.69) is 67.6 Å². The summed E-state index contributed by atoms with van der Waals surface area (Å²) in [5.41, 5.74) is 6.01. The fraction of sp³-hybridized carbons (Fsp3) is 0.333. The van der Waals surface area contributed by atoms with Gasteiger partial charge in [-0.15, -0.1) is 0 Å². The highest BCUT2D eigenvalue weighted by Gasteiger charge is 2.36. The Morgan fingerprint density at radius 3 is 2.10 bits per heavy atom. The van der Waals surface area contributed by atoms with Crippen LogP contribution in [-0.4, -0.2) is 0 Å². The molecule has 0 saturated carbocycles. The number of hydrogen-bond acceptors (Lipinski definition) is 0. The zero-order valence-electron chi connectivity index (χ0n) is 12.6. The topological polar surface area (TPSA) is 0 Å². The van der Waals surface area contributed by atoms with Crippen LogP contribution in [0.3, 0.4) is 0 Å². The lowest BCUT2D eigenvalue weighted by Crippen LogP contribution is -2.19. The van der Waals surface area contributed by atoms with Gasteiger partial charge in [-0.3, -0.25) is 0 Å². The van der Waals surface area contributed by atoms with E-state index >= 15 is 0 Å². The second kappa shape index (κ2) is 5.18. The average molecular weight is 274 g/mol. The van der Waals surface area contributed by atoms with Crippen LogP contribution in [0.15, 0.2) is 60.7 Å². The fourth-order valence-electron chi connectivity index (χ4n) is 4.45. The lowest BCUT2D eigenvalue weighted by molar-refractivity contribution is 0.343. The Labute approximate surface area is 127 Å². The first-order valence-electron chi connectivity index (χ1n) is 8.25. The molecule has 0 bridgehead atoms. The summed E-state index contributed by atoms with van der Waals surface area (Å²) < 4.78 is 0. The zero-order chi connectivity index (χ0) is 14.2. The van der Waals surface area contributed by atoms with Gasteiger partial charge in [0, 0.05) is 5.92 Å². The van der Waals surface area contributed by atoms with Crippen LogP contribution in [0.25, 0.3) is 11.1 Å². The standard InChI is InChI=1S/C21H22/c1-2-16(15-9-3-4-10-15)21-19-13-7-5-11-17(19)18-12-6-8-14-20(18)21/h3,5-9,11-16,21H,2,4,10H2,1H3. The Balaban J connectivity index is 1.85. The highest BCUT2D eigenvalue weighted by Crippen LogP contribution is 2.51. The van der Waals surface area contributed by atoms with Crippen molar-refractivity contribution >= 4 is 0 Å². The van der Waals surface area contributed by atoms with Crippen molar-refractivity contribution in [3.8, 4) is 11.1 Å². The smallest absolute Gasteiger partial charge is 0.0135 e. The molecule has 0 nitrogen and oxygen atoms in total. The summed E-state index contributed by atoms with van der Waals surface area (Å²) in [4.78, 5) is 0. The van der Waals surface area contributed by atoms with E-state index in [1.54, 1.807) is 11.1 Å². The van der Waals surface area contributed by atoms with Gasteiger partial charge in [0.1, 0.15) is 0 Å². The van der Waals surface area contributed by atoms with Gasteiger partial charge in [0.05, 0.1) is 0 Å². The normalized spacial score (nSPS) is 21.3. The highest BCUT2D eigenvalue weighted by molar-refractivity contribution is 5.78. The third-order valence-electron chi connectivity index (χ3n) is 5.38. The molecule has 2 unspecified atom stereocenters. The van der Waals surface area contributed by atoms with Crippen molar-refractivity contribution in [2.24, 2.45) is 11.8 Å². The van der Waals surface area contributed by atoms with Crippen molar-refractivity contribution < 1.29 is 0 Å². The molecule has 0 aliphatic heterocycles. The van der Waals surface area contributed by atoms with Crippen LogP contribution in [0, 0.1) is 11.8 Å². The number of rotatable bonds is 3. The van der Waals surface area contributed by atoms with Crippen LogP contribution < -0.4 is 0 Å². The minimum Gasteiger partial charge on any atom is -0.0882 e. The Morgan fingerprint density at radius 2 is 1.57 bits per heavy atom. The van der Waals surface area contributed by atoms with Gasteiger partial charge in [-0.05, 0) is 46.9 Å². The van der Waals surface area contributed by atoms with Crippen molar-refractivity contribution in [3.05, 3.63) is 71.8 Å². The van der Waals surface area contributed by atoms with Crippen LogP contribution in [0.5, 0.6) is 0 Å². The quantitative estimate of drug-likeness (QED) is 0.621. The molecule has 0 heteroatoms. The van der Waals surface area contributed by atoms with E-state index in [-0.39, 0.29) is 0 Å². The molecule has 2 aromatic rings. The van der Waals surface area contributed by atoms with Crippen LogP contribution in [0.4, 0.5) is 0 Å². The van der Waals surface area contributed by atoms with Gasteiger partial charge < -0.3 is 0 Å². The molecule has 2 atom stereocenters. The molecule has 2 aromatic carbocycles. The van der Waals surface area contributed by atoms with Crippen LogP contribution in [0.1, 0.15) is 43.2 Å². The zero-order valence-corrected chi connectivity index (χ0v) is 12.6. The second-order valence-corrected chi connectivity index (χ2v) is 6.39. The first-order valence-corrected chi connectivity index (χ1v) is 8.25. The number of allylic oxidation sites excluding steroid dienone is 2. The Kier molecular flexibility index (Phi) is 3.18. The molecule has 0 radical (unpaired) electrons. The summed E-state index contributed by atoms with van der Waals surface area (Å²) >= 11 is 0. The number of hydrogen-bond donors (Lipinski definition) is 0. The summed E-state index contributed by atoms with van der Waals surface area (Å²) in [6, 6.07) is 18.0. The summed E-state index contributed by atoms with van der Waals surface area (Å²) in [6.07, 6.45) is 8.69. The maximum absolute atomic E-state index is 2.47. The third kappa shape index (κ3) is 1.97. The van der Waals surface area contributed by atoms with E-state index in [0.29, 0.717) is 5.92 Å². The Morgan fingerprint density at radius 1 is 0.952 bits per heavy atom. The van der Waals surface area contributed by atoms with Gasteiger partial charge in [0.15, 0.2) is 0 Å². The molecule has 0 spiro atoms. The van der Waals surface area contributed by atoms with Gasteiger partial charge >= 0.3 is 0 Å². The Bertz CT molecular complexity index is 634. The lowest BCUT2D eigenvalue weighted by atomic mass is 9.75. The van der Waals surface area contributed by atoms with Crippen molar-refractivity contribution in [2.75, 3.05) is 0 Å². The van der Waals surface area contributed by atoms with Crippen molar-refractivity contribution in [2.45, 2.75) is 32.1 Å². The van der Waals surface area contributed by atoms with E-state index in [1.165, 1.54) is 30.4 Å². The van der Waals surface area contributed by atoms with E-state index in [4.69, 9.17) is 0 Å². The highest BCUT2D eigenvalue weighted by atomic mass is 14.4. The van der Waals surface area contributed by atoms with Crippen LogP contribution in [0.2, 0.25) is 0 Å². The van der Waals surface area contributed by atoms with Crippen LogP contribution in [-0.2, 0) is 0 Å². The molecule has 2 aliphatic carbocycles. The molecule has 0 amide bonds. The summed E-state index contributed by atoms with van der Waals surface area (Å²) in [5, 5.41) is 0. The van der Waals surface area contributed by atoms with Gasteiger partial charge in [-0.2, -0.15) is 0 Å². The molecule has 2 aliphatic rings. The summed E-state index contributed by atoms with van der Waals surface area (Å²) in [7, 11) is 0. The van der Waals surface area contributed by atoms with Crippen molar-refractivity contribution in [3.63, 3.8) is 0 Å². The maximum Gasteiger partial charge on any atom is 0.0135 e. The monoisotopic (exact) mass is 274 g/mol.